The van der Waals surface area contributed by atoms with Crippen LogP contribution in [0.25, 0.3) is 0 Å². The summed E-state index contributed by atoms with van der Waals surface area (Å²) in [6.45, 7) is -0.392. The van der Waals surface area contributed by atoms with Gasteiger partial charge in [-0.1, -0.05) is 6.07 Å². The number of hydrogen-bond donors (Lipinski definition) is 2. The van der Waals surface area contributed by atoms with E-state index in [4.69, 9.17) is 10.5 Å². The Bertz CT molecular complexity index is 632. The van der Waals surface area contributed by atoms with Crippen molar-refractivity contribution in [2.75, 3.05) is 17.7 Å². The Morgan fingerprint density at radius 3 is 2.70 bits per heavy atom. The van der Waals surface area contributed by atoms with Crippen LogP contribution in [0.3, 0.4) is 0 Å². The van der Waals surface area contributed by atoms with Gasteiger partial charge in [0.05, 0.1) is 0 Å². The summed E-state index contributed by atoms with van der Waals surface area (Å²) < 4.78 is 30.9. The first kappa shape index (κ1) is 13.8. The number of halogens is 2. The van der Waals surface area contributed by atoms with Gasteiger partial charge in [0, 0.05) is 17.4 Å². The van der Waals surface area contributed by atoms with Crippen LogP contribution in [0.4, 0.5) is 20.2 Å². The smallest absolute Gasteiger partial charge is 0.262 e. The molecule has 0 bridgehead atoms. The third kappa shape index (κ3) is 3.68. The Labute approximate surface area is 114 Å². The number of anilines is 2. The number of carbonyl (C=O) groups is 1. The highest BCUT2D eigenvalue weighted by Gasteiger charge is 2.08. The topological polar surface area (TPSA) is 64.3 Å². The minimum absolute atomic E-state index is 0.186. The molecule has 0 aliphatic carbocycles. The largest absolute Gasteiger partial charge is 0.481 e. The standard InChI is InChI=1S/C14H12F2N2O2/c15-9-4-5-13(12(16)6-9)20-8-14(19)18-11-3-1-2-10(17)7-11/h1-7H,8,17H2,(H,18,19). The van der Waals surface area contributed by atoms with Crippen LogP contribution in [0.15, 0.2) is 42.5 Å². The number of rotatable bonds is 4. The zero-order valence-corrected chi connectivity index (χ0v) is 10.4. The molecule has 4 nitrogen and oxygen atoms in total. The lowest BCUT2D eigenvalue weighted by Gasteiger charge is -2.08. The van der Waals surface area contributed by atoms with E-state index >= 15 is 0 Å². The van der Waals surface area contributed by atoms with Crippen molar-refractivity contribution < 1.29 is 18.3 Å². The van der Waals surface area contributed by atoms with Crippen molar-refractivity contribution in [3.8, 4) is 5.75 Å². The molecule has 1 amide bonds. The van der Waals surface area contributed by atoms with E-state index in [2.05, 4.69) is 5.32 Å². The van der Waals surface area contributed by atoms with E-state index in [1.807, 2.05) is 0 Å². The monoisotopic (exact) mass is 278 g/mol. The zero-order chi connectivity index (χ0) is 14.5. The molecule has 0 saturated heterocycles. The first-order valence-electron chi connectivity index (χ1n) is 5.78. The lowest BCUT2D eigenvalue weighted by Crippen LogP contribution is -2.20. The molecule has 0 aliphatic heterocycles. The minimum atomic E-state index is -0.859. The second-order valence-electron chi connectivity index (χ2n) is 4.04. The molecular formula is C14H12F2N2O2. The average molecular weight is 278 g/mol. The molecule has 0 atom stereocenters. The molecule has 3 N–H and O–H groups in total. The van der Waals surface area contributed by atoms with E-state index in [-0.39, 0.29) is 5.75 Å². The van der Waals surface area contributed by atoms with Gasteiger partial charge in [-0.05, 0) is 30.3 Å². The highest BCUT2D eigenvalue weighted by Crippen LogP contribution is 2.17. The van der Waals surface area contributed by atoms with Gasteiger partial charge < -0.3 is 15.8 Å². The van der Waals surface area contributed by atoms with E-state index in [0.29, 0.717) is 17.4 Å². The summed E-state index contributed by atoms with van der Waals surface area (Å²) in [4.78, 5) is 11.6. The van der Waals surface area contributed by atoms with Crippen molar-refractivity contribution in [3.05, 3.63) is 54.1 Å². The second kappa shape index (κ2) is 6.01. The number of ether oxygens (including phenoxy) is 1. The van der Waals surface area contributed by atoms with Crippen molar-refractivity contribution in [2.45, 2.75) is 0 Å². The van der Waals surface area contributed by atoms with Crippen LogP contribution in [-0.2, 0) is 4.79 Å². The van der Waals surface area contributed by atoms with Gasteiger partial charge in [0.25, 0.3) is 5.91 Å². The van der Waals surface area contributed by atoms with Crippen LogP contribution >= 0.6 is 0 Å². The molecule has 0 unspecified atom stereocenters. The Morgan fingerprint density at radius 2 is 2.00 bits per heavy atom. The van der Waals surface area contributed by atoms with Crippen LogP contribution in [0, 0.1) is 11.6 Å². The Hall–Kier alpha value is -2.63. The highest BCUT2D eigenvalue weighted by atomic mass is 19.1. The van der Waals surface area contributed by atoms with Crippen LogP contribution in [0.2, 0.25) is 0 Å². The summed E-state index contributed by atoms with van der Waals surface area (Å²) in [5, 5.41) is 2.54. The molecule has 6 heteroatoms. The summed E-state index contributed by atoms with van der Waals surface area (Å²) in [7, 11) is 0. The van der Waals surface area contributed by atoms with Crippen molar-refractivity contribution >= 4 is 17.3 Å². The van der Waals surface area contributed by atoms with Gasteiger partial charge in [0.15, 0.2) is 18.2 Å². The van der Waals surface area contributed by atoms with E-state index in [1.54, 1.807) is 24.3 Å². The Kier molecular flexibility index (Phi) is 4.14. The van der Waals surface area contributed by atoms with E-state index in [1.165, 1.54) is 0 Å². The Morgan fingerprint density at radius 1 is 1.20 bits per heavy atom. The summed E-state index contributed by atoms with van der Waals surface area (Å²) >= 11 is 0. The van der Waals surface area contributed by atoms with E-state index in [9.17, 15) is 13.6 Å². The number of hydrogen-bond acceptors (Lipinski definition) is 3. The third-order valence-electron chi connectivity index (χ3n) is 2.42. The first-order valence-corrected chi connectivity index (χ1v) is 5.78. The maximum absolute atomic E-state index is 13.3. The molecule has 2 aromatic rings. The fraction of sp³-hybridized carbons (Fsp3) is 0.0714. The van der Waals surface area contributed by atoms with Crippen LogP contribution < -0.4 is 15.8 Å². The molecule has 0 saturated carbocycles. The number of carbonyl (C=O) groups excluding carboxylic acids is 1. The maximum atomic E-state index is 13.3. The minimum Gasteiger partial charge on any atom is -0.481 e. The first-order chi connectivity index (χ1) is 9.54. The van der Waals surface area contributed by atoms with Gasteiger partial charge in [-0.2, -0.15) is 0 Å². The molecule has 104 valence electrons. The molecule has 0 aromatic heterocycles. The molecule has 2 rings (SSSR count). The predicted octanol–water partition coefficient (Wildman–Crippen LogP) is 2.56. The van der Waals surface area contributed by atoms with Gasteiger partial charge in [-0.25, -0.2) is 8.78 Å². The molecule has 0 radical (unpaired) electrons. The van der Waals surface area contributed by atoms with E-state index in [0.717, 1.165) is 12.1 Å². The molecular weight excluding hydrogens is 266 g/mol. The summed E-state index contributed by atoms with van der Waals surface area (Å²) in [5.41, 5.74) is 6.59. The highest BCUT2D eigenvalue weighted by molar-refractivity contribution is 5.92. The molecule has 0 aliphatic rings. The summed E-state index contributed by atoms with van der Waals surface area (Å²) in [5.74, 6) is -2.23. The lowest BCUT2D eigenvalue weighted by molar-refractivity contribution is -0.118. The van der Waals surface area contributed by atoms with E-state index < -0.39 is 24.1 Å². The van der Waals surface area contributed by atoms with Gasteiger partial charge in [-0.15, -0.1) is 0 Å². The third-order valence-corrected chi connectivity index (χ3v) is 2.42. The van der Waals surface area contributed by atoms with Gasteiger partial charge in [0.2, 0.25) is 0 Å². The fourth-order valence-corrected chi connectivity index (χ4v) is 1.55. The molecule has 0 spiro atoms. The summed E-state index contributed by atoms with van der Waals surface area (Å²) in [6.07, 6.45) is 0. The SMILES string of the molecule is Nc1cccc(NC(=O)COc2ccc(F)cc2F)c1. The summed E-state index contributed by atoms with van der Waals surface area (Å²) in [6, 6.07) is 9.46. The predicted molar refractivity (Wildman–Crippen MR) is 71.3 cm³/mol. The fourth-order valence-electron chi connectivity index (χ4n) is 1.55. The van der Waals surface area contributed by atoms with Gasteiger partial charge in [-0.3, -0.25) is 4.79 Å². The van der Waals surface area contributed by atoms with Gasteiger partial charge in [0.1, 0.15) is 5.82 Å². The van der Waals surface area contributed by atoms with Crippen molar-refractivity contribution in [3.63, 3.8) is 0 Å². The molecule has 20 heavy (non-hydrogen) atoms. The van der Waals surface area contributed by atoms with Crippen LogP contribution in [0.1, 0.15) is 0 Å². The number of amides is 1. The van der Waals surface area contributed by atoms with Gasteiger partial charge >= 0.3 is 0 Å². The maximum Gasteiger partial charge on any atom is 0.262 e. The normalized spacial score (nSPS) is 10.1. The quantitative estimate of drug-likeness (QED) is 0.845. The number of nitrogen functional groups attached to an aromatic ring is 1. The molecule has 0 heterocycles. The lowest BCUT2D eigenvalue weighted by atomic mass is 10.3. The number of nitrogens with one attached hydrogen (secondary N) is 1. The van der Waals surface area contributed by atoms with Crippen molar-refractivity contribution in [1.29, 1.82) is 0 Å². The van der Waals surface area contributed by atoms with Crippen LogP contribution in [-0.4, -0.2) is 12.5 Å². The molecule has 2 aromatic carbocycles. The zero-order valence-electron chi connectivity index (χ0n) is 10.4. The Balaban J connectivity index is 1.92. The van der Waals surface area contributed by atoms with Crippen molar-refractivity contribution in [2.24, 2.45) is 0 Å². The van der Waals surface area contributed by atoms with Crippen LogP contribution in [0.5, 0.6) is 5.75 Å². The number of nitrogens with two attached hydrogens (primary N) is 1. The van der Waals surface area contributed by atoms with Crippen molar-refractivity contribution in [1.82, 2.24) is 0 Å². The molecule has 0 fully saturated rings. The second-order valence-corrected chi connectivity index (χ2v) is 4.04. The average Bonchev–Trinajstić information content (AvgIpc) is 2.37. The number of benzene rings is 2.